The summed E-state index contributed by atoms with van der Waals surface area (Å²) in [4.78, 5) is 91.5. The lowest BCUT2D eigenvalue weighted by Crippen LogP contribution is -2.35. The molecule has 0 saturated heterocycles. The normalized spacial score (nSPS) is 10.1. The molecule has 0 fully saturated rings. The highest BCUT2D eigenvalue weighted by Crippen LogP contribution is 1.94. The van der Waals surface area contributed by atoms with Gasteiger partial charge in [0.05, 0.1) is 0 Å². The van der Waals surface area contributed by atoms with Crippen LogP contribution < -0.4 is 0 Å². The molecule has 0 aromatic carbocycles. The smallest absolute Gasteiger partial charge is 0.344 e. The fourth-order valence-corrected chi connectivity index (χ4v) is 2.19. The molecule has 0 spiro atoms. The van der Waals surface area contributed by atoms with E-state index in [4.69, 9.17) is 14.2 Å². The predicted octanol–water partition coefficient (Wildman–Crippen LogP) is -2.31. The number of carbonyl (C=O) groups excluding carboxylic acids is 8. The van der Waals surface area contributed by atoms with Crippen LogP contribution in [0.2, 0.25) is 0 Å². The second-order valence-corrected chi connectivity index (χ2v) is 7.17. The first-order valence-electron chi connectivity index (χ1n) is 11.3. The van der Waals surface area contributed by atoms with E-state index in [9.17, 15) is 38.4 Å². The Kier molecular flexibility index (Phi) is 18.5. The SMILES string of the molecule is CC(=O)OCCN(CCOC(C)=O)CCOC(=O)COC(=O)COC(=O)COC(=O)COC(=O)COC(C)=O. The second-order valence-electron chi connectivity index (χ2n) is 7.17. The van der Waals surface area contributed by atoms with Gasteiger partial charge in [-0.15, -0.1) is 0 Å². The molecule has 0 aromatic rings. The molecule has 0 N–H and O–H groups in total. The third-order valence-corrected chi connectivity index (χ3v) is 3.89. The molecule has 0 amide bonds. The highest BCUT2D eigenvalue weighted by Gasteiger charge is 2.15. The Morgan fingerprint density at radius 3 is 0.949 bits per heavy atom. The van der Waals surface area contributed by atoms with Crippen molar-refractivity contribution < 1.29 is 76.3 Å². The number of rotatable bonds is 19. The summed E-state index contributed by atoms with van der Waals surface area (Å²) < 4.78 is 37.0. The highest BCUT2D eigenvalue weighted by molar-refractivity contribution is 5.82. The molecule has 0 atom stereocenters. The van der Waals surface area contributed by atoms with Gasteiger partial charge in [0.2, 0.25) is 0 Å². The molecule has 39 heavy (non-hydrogen) atoms. The van der Waals surface area contributed by atoms with Crippen LogP contribution in [0.4, 0.5) is 0 Å². The number of ether oxygens (including phenoxy) is 8. The molecule has 0 unspecified atom stereocenters. The Labute approximate surface area is 222 Å². The first kappa shape index (κ1) is 34.7. The van der Waals surface area contributed by atoms with Crippen LogP contribution in [0.15, 0.2) is 0 Å². The third kappa shape index (κ3) is 22.6. The van der Waals surface area contributed by atoms with Crippen molar-refractivity contribution in [3.05, 3.63) is 0 Å². The van der Waals surface area contributed by atoms with Gasteiger partial charge in [0.1, 0.15) is 19.8 Å². The lowest BCUT2D eigenvalue weighted by atomic mass is 10.4. The van der Waals surface area contributed by atoms with Crippen LogP contribution in [0.1, 0.15) is 20.8 Å². The van der Waals surface area contributed by atoms with Crippen LogP contribution in [-0.2, 0) is 76.3 Å². The highest BCUT2D eigenvalue weighted by atomic mass is 16.6. The minimum absolute atomic E-state index is 0.0734. The molecular formula is C22H31NO16. The Bertz CT molecular complexity index is 850. The lowest BCUT2D eigenvalue weighted by Gasteiger charge is -2.21. The monoisotopic (exact) mass is 565 g/mol. The van der Waals surface area contributed by atoms with Crippen LogP contribution in [0, 0.1) is 0 Å². The summed E-state index contributed by atoms with van der Waals surface area (Å²) >= 11 is 0. The van der Waals surface area contributed by atoms with Crippen molar-refractivity contribution in [3.8, 4) is 0 Å². The van der Waals surface area contributed by atoms with Gasteiger partial charge in [-0.1, -0.05) is 0 Å². The van der Waals surface area contributed by atoms with E-state index in [0.717, 1.165) is 6.92 Å². The van der Waals surface area contributed by atoms with E-state index in [1.165, 1.54) is 13.8 Å². The average molecular weight is 565 g/mol. The maximum absolute atomic E-state index is 11.8. The third-order valence-electron chi connectivity index (χ3n) is 3.89. The van der Waals surface area contributed by atoms with Gasteiger partial charge in [-0.2, -0.15) is 0 Å². The fraction of sp³-hybridized carbons (Fsp3) is 0.636. The van der Waals surface area contributed by atoms with E-state index < -0.39 is 80.8 Å². The molecule has 0 aliphatic carbocycles. The molecular weight excluding hydrogens is 534 g/mol. The summed E-state index contributed by atoms with van der Waals surface area (Å²) in [5.74, 6) is -6.89. The van der Waals surface area contributed by atoms with Gasteiger partial charge in [0.25, 0.3) is 0 Å². The van der Waals surface area contributed by atoms with Crippen molar-refractivity contribution in [3.63, 3.8) is 0 Å². The Morgan fingerprint density at radius 2 is 0.641 bits per heavy atom. The maximum Gasteiger partial charge on any atom is 0.344 e. The van der Waals surface area contributed by atoms with E-state index in [1.54, 1.807) is 4.90 Å². The first-order valence-corrected chi connectivity index (χ1v) is 11.3. The molecule has 0 rings (SSSR count). The van der Waals surface area contributed by atoms with Crippen molar-refractivity contribution in [2.24, 2.45) is 0 Å². The van der Waals surface area contributed by atoms with Gasteiger partial charge < -0.3 is 37.9 Å². The summed E-state index contributed by atoms with van der Waals surface area (Å²) in [5, 5.41) is 0. The quantitative estimate of drug-likeness (QED) is 0.119. The van der Waals surface area contributed by atoms with Crippen molar-refractivity contribution >= 4 is 47.8 Å². The number of hydrogen-bond acceptors (Lipinski definition) is 17. The van der Waals surface area contributed by atoms with Crippen molar-refractivity contribution in [1.82, 2.24) is 4.90 Å². The van der Waals surface area contributed by atoms with E-state index >= 15 is 0 Å². The largest absolute Gasteiger partial charge is 0.465 e. The molecule has 0 aliphatic rings. The Morgan fingerprint density at radius 1 is 0.385 bits per heavy atom. The minimum atomic E-state index is -1.13. The molecule has 0 bridgehead atoms. The van der Waals surface area contributed by atoms with Crippen LogP contribution in [-0.4, -0.2) is 125 Å². The van der Waals surface area contributed by atoms with Gasteiger partial charge in [-0.3, -0.25) is 19.3 Å². The number of nitrogens with zero attached hydrogens (tertiary/aromatic N) is 1. The zero-order valence-electron chi connectivity index (χ0n) is 21.8. The number of carbonyl (C=O) groups is 8. The zero-order chi connectivity index (χ0) is 29.6. The van der Waals surface area contributed by atoms with E-state index in [1.807, 2.05) is 0 Å². The zero-order valence-corrected chi connectivity index (χ0v) is 21.8. The van der Waals surface area contributed by atoms with Crippen LogP contribution in [0.3, 0.4) is 0 Å². The van der Waals surface area contributed by atoms with Crippen molar-refractivity contribution in [2.45, 2.75) is 20.8 Å². The van der Waals surface area contributed by atoms with Crippen LogP contribution >= 0.6 is 0 Å². The predicted molar refractivity (Wildman–Crippen MR) is 121 cm³/mol. The summed E-state index contributed by atoms with van der Waals surface area (Å²) in [6, 6.07) is 0. The molecule has 220 valence electrons. The van der Waals surface area contributed by atoms with Crippen LogP contribution in [0.25, 0.3) is 0 Å². The molecule has 0 aliphatic heterocycles. The second kappa shape index (κ2) is 20.7. The summed E-state index contributed by atoms with van der Waals surface area (Å²) in [6.07, 6.45) is 0. The average Bonchev–Trinajstić information content (AvgIpc) is 2.86. The number of hydrogen-bond donors (Lipinski definition) is 0. The molecule has 0 heterocycles. The fourth-order valence-electron chi connectivity index (χ4n) is 2.19. The van der Waals surface area contributed by atoms with Gasteiger partial charge in [0.15, 0.2) is 33.0 Å². The Hall–Kier alpha value is -4.28. The van der Waals surface area contributed by atoms with E-state index in [2.05, 4.69) is 23.7 Å². The van der Waals surface area contributed by atoms with Crippen LogP contribution in [0.5, 0.6) is 0 Å². The molecule has 17 heteroatoms. The standard InChI is InChI=1S/C22H31NO16/c1-15(24)32-7-4-23(5-8-33-16(2)25)6-9-34-18(27)11-36-20(29)13-38-22(31)14-39-21(30)12-37-19(28)10-35-17(3)26/h4-14H2,1-3H3. The van der Waals surface area contributed by atoms with Gasteiger partial charge in [-0.25, -0.2) is 24.0 Å². The lowest BCUT2D eigenvalue weighted by molar-refractivity contribution is -0.171. The minimum Gasteiger partial charge on any atom is -0.465 e. The molecule has 0 aromatic heterocycles. The first-order chi connectivity index (χ1) is 18.4. The molecule has 0 radical (unpaired) electrons. The van der Waals surface area contributed by atoms with Crippen molar-refractivity contribution in [1.29, 1.82) is 0 Å². The Balaban J connectivity index is 4.10. The topological polar surface area (TPSA) is 214 Å². The van der Waals surface area contributed by atoms with Gasteiger partial charge in [0, 0.05) is 40.4 Å². The number of esters is 8. The molecule has 0 saturated carbocycles. The molecule has 17 nitrogen and oxygen atoms in total. The van der Waals surface area contributed by atoms with Gasteiger partial charge >= 0.3 is 47.8 Å². The maximum atomic E-state index is 11.8. The van der Waals surface area contributed by atoms with Gasteiger partial charge in [-0.05, 0) is 0 Å². The van der Waals surface area contributed by atoms with E-state index in [0.29, 0.717) is 0 Å². The van der Waals surface area contributed by atoms with E-state index in [-0.39, 0.29) is 39.5 Å². The van der Waals surface area contributed by atoms with Crippen molar-refractivity contribution in [2.75, 3.05) is 72.5 Å². The summed E-state index contributed by atoms with van der Waals surface area (Å²) in [5.41, 5.74) is 0. The summed E-state index contributed by atoms with van der Waals surface area (Å²) in [7, 11) is 0. The summed E-state index contributed by atoms with van der Waals surface area (Å²) in [6.45, 7) is 0.260.